The number of hydrogen-bond acceptors (Lipinski definition) is 7. The quantitative estimate of drug-likeness (QED) is 0.198. The Balaban J connectivity index is 2.38. The van der Waals surface area contributed by atoms with Crippen molar-refractivity contribution in [3.63, 3.8) is 0 Å². The molecule has 0 saturated carbocycles. The molecular weight excluding hydrogens is 274 g/mol. The third-order valence-electron chi connectivity index (χ3n) is 2.82. The molecule has 1 heterocycles. The van der Waals surface area contributed by atoms with E-state index in [1.807, 2.05) is 0 Å². The summed E-state index contributed by atoms with van der Waals surface area (Å²) in [5.41, 5.74) is 8.02. The van der Waals surface area contributed by atoms with Gasteiger partial charge in [-0.05, 0) is 17.1 Å². The van der Waals surface area contributed by atoms with Gasteiger partial charge in [0.25, 0.3) is 0 Å². The van der Waals surface area contributed by atoms with Gasteiger partial charge in [-0.2, -0.15) is 0 Å². The van der Waals surface area contributed by atoms with Crippen molar-refractivity contribution in [2.24, 2.45) is 5.11 Å². The van der Waals surface area contributed by atoms with Crippen molar-refractivity contribution >= 4 is 5.91 Å². The number of hydrogen-bond donors (Lipinski definition) is 4. The summed E-state index contributed by atoms with van der Waals surface area (Å²) in [4.78, 5) is 13.2. The van der Waals surface area contributed by atoms with Crippen LogP contribution >= 0.6 is 0 Å². The smallest absolute Gasteiger partial charge is 0.219 e. The Morgan fingerprint density at radius 3 is 2.60 bits per heavy atom. The van der Waals surface area contributed by atoms with Gasteiger partial charge in [0.1, 0.15) is 24.4 Å². The minimum atomic E-state index is -1.50. The SMILES string of the molecule is [N-]=[N+]=NC(=O)CCCO[C@@H]1O[C@H](CO)[C@H](O)[C@H](O)[C@H]1O. The Hall–Kier alpha value is -1.26. The number of carbonyl (C=O) groups is 1. The number of carbonyl (C=O) groups excluding carboxylic acids is 1. The van der Waals surface area contributed by atoms with Gasteiger partial charge in [0.15, 0.2) is 6.29 Å². The Morgan fingerprint density at radius 1 is 1.30 bits per heavy atom. The van der Waals surface area contributed by atoms with E-state index in [0.717, 1.165) is 0 Å². The van der Waals surface area contributed by atoms with E-state index in [1.54, 1.807) is 0 Å². The van der Waals surface area contributed by atoms with Gasteiger partial charge in [0, 0.05) is 11.3 Å². The summed E-state index contributed by atoms with van der Waals surface area (Å²) >= 11 is 0. The van der Waals surface area contributed by atoms with Crippen LogP contribution in [-0.4, -0.2) is 70.3 Å². The molecule has 1 aliphatic heterocycles. The van der Waals surface area contributed by atoms with Gasteiger partial charge in [0.05, 0.1) is 13.2 Å². The molecule has 1 amide bonds. The predicted octanol–water partition coefficient (Wildman–Crippen LogP) is -1.58. The maximum Gasteiger partial charge on any atom is 0.219 e. The van der Waals surface area contributed by atoms with E-state index in [2.05, 4.69) is 10.0 Å². The summed E-state index contributed by atoms with van der Waals surface area (Å²) in [7, 11) is 0. The first kappa shape index (κ1) is 16.8. The third kappa shape index (κ3) is 4.39. The van der Waals surface area contributed by atoms with Gasteiger partial charge < -0.3 is 29.9 Å². The number of amides is 1. The van der Waals surface area contributed by atoms with E-state index >= 15 is 0 Å². The van der Waals surface area contributed by atoms with Crippen LogP contribution in [0.1, 0.15) is 12.8 Å². The molecule has 5 atom stereocenters. The fourth-order valence-corrected chi connectivity index (χ4v) is 1.73. The number of ether oxygens (including phenoxy) is 2. The molecule has 10 heteroatoms. The maximum atomic E-state index is 10.9. The highest BCUT2D eigenvalue weighted by molar-refractivity contribution is 5.76. The van der Waals surface area contributed by atoms with E-state index in [9.17, 15) is 20.1 Å². The summed E-state index contributed by atoms with van der Waals surface area (Å²) in [5, 5.41) is 40.5. The average molecular weight is 291 g/mol. The Bertz CT molecular complexity index is 372. The van der Waals surface area contributed by atoms with Gasteiger partial charge in [0.2, 0.25) is 5.91 Å². The number of rotatable bonds is 6. The molecule has 0 aliphatic carbocycles. The summed E-state index contributed by atoms with van der Waals surface area (Å²) in [6.45, 7) is -0.532. The van der Waals surface area contributed by atoms with E-state index in [0.29, 0.717) is 0 Å². The molecule has 0 aromatic carbocycles. The topological polar surface area (TPSA) is 165 Å². The van der Waals surface area contributed by atoms with E-state index in [-0.39, 0.29) is 19.4 Å². The lowest BCUT2D eigenvalue weighted by Gasteiger charge is -2.39. The first-order valence-corrected chi connectivity index (χ1v) is 6.01. The van der Waals surface area contributed by atoms with E-state index in [4.69, 9.17) is 20.1 Å². The van der Waals surface area contributed by atoms with Gasteiger partial charge in [-0.15, -0.1) is 0 Å². The van der Waals surface area contributed by atoms with Gasteiger partial charge >= 0.3 is 0 Å². The molecule has 1 aliphatic rings. The Morgan fingerprint density at radius 2 is 2.00 bits per heavy atom. The monoisotopic (exact) mass is 291 g/mol. The zero-order valence-electron chi connectivity index (χ0n) is 10.6. The molecular formula is C10H17N3O7. The van der Waals surface area contributed by atoms with Crippen LogP contribution < -0.4 is 0 Å². The molecule has 0 unspecified atom stereocenters. The second-order valence-corrected chi connectivity index (χ2v) is 4.25. The van der Waals surface area contributed by atoms with E-state index < -0.39 is 43.2 Å². The predicted molar refractivity (Wildman–Crippen MR) is 63.1 cm³/mol. The van der Waals surface area contributed by atoms with Crippen molar-refractivity contribution in [3.8, 4) is 0 Å². The lowest BCUT2D eigenvalue weighted by atomic mass is 9.99. The summed E-state index contributed by atoms with van der Waals surface area (Å²) < 4.78 is 10.2. The first-order valence-electron chi connectivity index (χ1n) is 6.01. The highest BCUT2D eigenvalue weighted by Crippen LogP contribution is 2.22. The number of azide groups is 1. The molecule has 0 aromatic heterocycles. The third-order valence-corrected chi connectivity index (χ3v) is 2.82. The van der Waals surface area contributed by atoms with Gasteiger partial charge in [-0.25, -0.2) is 0 Å². The molecule has 0 radical (unpaired) electrons. The molecule has 114 valence electrons. The standard InChI is InChI=1S/C10H17N3O7/c11-13-12-6(15)2-1-3-19-10-9(18)8(17)7(16)5(4-14)20-10/h5,7-10,14,16-18H,1-4H2/t5-,7+,8+,9-,10-/m1/s1. The lowest BCUT2D eigenvalue weighted by molar-refractivity contribution is -0.301. The lowest BCUT2D eigenvalue weighted by Crippen LogP contribution is -2.59. The van der Waals surface area contributed by atoms with Crippen molar-refractivity contribution in [1.29, 1.82) is 0 Å². The van der Waals surface area contributed by atoms with Gasteiger partial charge in [-0.3, -0.25) is 4.79 Å². The summed E-state index contributed by atoms with van der Waals surface area (Å²) in [5.74, 6) is -0.634. The summed E-state index contributed by atoms with van der Waals surface area (Å²) in [6, 6.07) is 0. The zero-order valence-corrected chi connectivity index (χ0v) is 10.6. The highest BCUT2D eigenvalue weighted by Gasteiger charge is 2.43. The summed E-state index contributed by atoms with van der Waals surface area (Å²) in [6.07, 6.45) is -6.48. The maximum absolute atomic E-state index is 10.9. The van der Waals surface area contributed by atoms with Crippen LogP contribution in [0.2, 0.25) is 0 Å². The molecule has 0 bridgehead atoms. The molecule has 0 spiro atoms. The second kappa shape index (κ2) is 8.12. The average Bonchev–Trinajstić information content (AvgIpc) is 2.43. The van der Waals surface area contributed by atoms with Crippen LogP contribution in [-0.2, 0) is 14.3 Å². The highest BCUT2D eigenvalue weighted by atomic mass is 16.7. The second-order valence-electron chi connectivity index (χ2n) is 4.25. The van der Waals surface area contributed by atoms with Crippen LogP contribution in [0.15, 0.2) is 5.11 Å². The molecule has 1 rings (SSSR count). The number of aliphatic hydroxyl groups is 4. The molecule has 1 saturated heterocycles. The van der Waals surface area contributed by atoms with Crippen LogP contribution in [0, 0.1) is 0 Å². The minimum absolute atomic E-state index is 0.00930. The van der Waals surface area contributed by atoms with Crippen molar-refractivity contribution < 1.29 is 34.7 Å². The first-order chi connectivity index (χ1) is 9.51. The largest absolute Gasteiger partial charge is 0.394 e. The van der Waals surface area contributed by atoms with Crippen LogP contribution in [0.4, 0.5) is 0 Å². The molecule has 10 nitrogen and oxygen atoms in total. The minimum Gasteiger partial charge on any atom is -0.394 e. The van der Waals surface area contributed by atoms with Crippen LogP contribution in [0.25, 0.3) is 10.4 Å². The Labute approximate surface area is 114 Å². The molecule has 20 heavy (non-hydrogen) atoms. The fraction of sp³-hybridized carbons (Fsp3) is 0.900. The molecule has 1 fully saturated rings. The van der Waals surface area contributed by atoms with Crippen molar-refractivity contribution in [3.05, 3.63) is 10.4 Å². The Kier molecular flexibility index (Phi) is 6.82. The number of nitrogens with zero attached hydrogens (tertiary/aromatic N) is 3. The van der Waals surface area contributed by atoms with Crippen molar-refractivity contribution in [1.82, 2.24) is 0 Å². The van der Waals surface area contributed by atoms with E-state index in [1.165, 1.54) is 0 Å². The van der Waals surface area contributed by atoms with Crippen molar-refractivity contribution in [2.75, 3.05) is 13.2 Å². The molecule has 0 aromatic rings. The number of aliphatic hydroxyl groups excluding tert-OH is 4. The molecule has 4 N–H and O–H groups in total. The van der Waals surface area contributed by atoms with Gasteiger partial charge in [-0.1, -0.05) is 0 Å². The van der Waals surface area contributed by atoms with Crippen LogP contribution in [0.5, 0.6) is 0 Å². The zero-order chi connectivity index (χ0) is 15.1. The normalized spacial score (nSPS) is 33.5. The van der Waals surface area contributed by atoms with Crippen LogP contribution in [0.3, 0.4) is 0 Å². The van der Waals surface area contributed by atoms with Crippen molar-refractivity contribution in [2.45, 2.75) is 43.5 Å². The fourth-order valence-electron chi connectivity index (χ4n) is 1.73.